The van der Waals surface area contributed by atoms with Gasteiger partial charge in [0.15, 0.2) is 0 Å². The summed E-state index contributed by atoms with van der Waals surface area (Å²) in [6, 6.07) is 1.78. The van der Waals surface area contributed by atoms with Crippen molar-refractivity contribution >= 4 is 29.0 Å². The van der Waals surface area contributed by atoms with Gasteiger partial charge in [-0.2, -0.15) is 0 Å². The molecule has 1 heterocycles. The fraction of sp³-hybridized carbons (Fsp3) is 0.250. The predicted octanol–water partition coefficient (Wildman–Crippen LogP) is 2.60. The third-order valence-corrected chi connectivity index (χ3v) is 1.59. The number of halogens is 2. The molecule has 0 aliphatic carbocycles. The Morgan fingerprint density at radius 3 is 2.85 bits per heavy atom. The van der Waals surface area contributed by atoms with Gasteiger partial charge in [-0.1, -0.05) is 18.2 Å². The van der Waals surface area contributed by atoms with Crippen molar-refractivity contribution in [3.8, 4) is 0 Å². The van der Waals surface area contributed by atoms with Crippen molar-refractivity contribution in [1.29, 1.82) is 0 Å². The van der Waals surface area contributed by atoms with E-state index in [9.17, 15) is 0 Å². The Labute approximate surface area is 86.8 Å². The van der Waals surface area contributed by atoms with Gasteiger partial charge in [0.05, 0.1) is 6.54 Å². The second-order valence-electron chi connectivity index (χ2n) is 2.53. The molecule has 5 heteroatoms. The molecule has 0 aliphatic rings. The number of nitrogens with one attached hydrogen (secondary N) is 1. The number of aromatic nitrogens is 2. The zero-order valence-corrected chi connectivity index (χ0v) is 8.65. The summed E-state index contributed by atoms with van der Waals surface area (Å²) in [5, 5.41) is 3.70. The molecule has 1 N–H and O–H groups in total. The lowest BCUT2D eigenvalue weighted by Crippen LogP contribution is -2.04. The fourth-order valence-electron chi connectivity index (χ4n) is 0.809. The Morgan fingerprint density at radius 1 is 1.62 bits per heavy atom. The van der Waals surface area contributed by atoms with Gasteiger partial charge in [-0.15, -0.1) is 0 Å². The van der Waals surface area contributed by atoms with E-state index in [-0.39, 0.29) is 5.28 Å². The maximum atomic E-state index is 5.65. The summed E-state index contributed by atoms with van der Waals surface area (Å²) in [6.07, 6.45) is 0. The van der Waals surface area contributed by atoms with Gasteiger partial charge in [-0.25, -0.2) is 9.97 Å². The summed E-state index contributed by atoms with van der Waals surface area (Å²) in [7, 11) is 0. The van der Waals surface area contributed by atoms with Crippen molar-refractivity contribution in [2.24, 2.45) is 0 Å². The summed E-state index contributed by atoms with van der Waals surface area (Å²) in [6.45, 7) is 5.85. The number of hydrogen-bond acceptors (Lipinski definition) is 3. The largest absolute Gasteiger partial charge is 0.365 e. The van der Waals surface area contributed by atoms with Crippen molar-refractivity contribution in [3.63, 3.8) is 0 Å². The van der Waals surface area contributed by atoms with Crippen molar-refractivity contribution in [2.45, 2.75) is 6.92 Å². The Morgan fingerprint density at radius 2 is 2.31 bits per heavy atom. The third-order valence-electron chi connectivity index (χ3n) is 1.29. The Bertz CT molecular complexity index is 305. The van der Waals surface area contributed by atoms with Crippen LogP contribution in [0.1, 0.15) is 5.69 Å². The smallest absolute Gasteiger partial charge is 0.224 e. The average Bonchev–Trinajstić information content (AvgIpc) is 1.99. The molecule has 0 aromatic carbocycles. The van der Waals surface area contributed by atoms with Gasteiger partial charge in [-0.3, -0.25) is 0 Å². The molecule has 0 unspecified atom stereocenters. The summed E-state index contributed by atoms with van der Waals surface area (Å²) < 4.78 is 0. The fourth-order valence-corrected chi connectivity index (χ4v) is 1.10. The molecule has 0 saturated carbocycles. The van der Waals surface area contributed by atoms with E-state index < -0.39 is 0 Å². The Balaban J connectivity index is 2.71. The Hall–Kier alpha value is -0.800. The van der Waals surface area contributed by atoms with E-state index in [2.05, 4.69) is 21.9 Å². The highest BCUT2D eigenvalue weighted by Gasteiger charge is 1.98. The molecule has 1 aromatic heterocycles. The van der Waals surface area contributed by atoms with Crippen LogP contribution in [0.3, 0.4) is 0 Å². The molecule has 13 heavy (non-hydrogen) atoms. The highest BCUT2D eigenvalue weighted by molar-refractivity contribution is 6.29. The zero-order valence-electron chi connectivity index (χ0n) is 7.14. The topological polar surface area (TPSA) is 37.8 Å². The van der Waals surface area contributed by atoms with Gasteiger partial charge < -0.3 is 5.32 Å². The van der Waals surface area contributed by atoms with E-state index in [0.29, 0.717) is 17.4 Å². The molecule has 0 saturated heterocycles. The van der Waals surface area contributed by atoms with Crippen molar-refractivity contribution in [2.75, 3.05) is 11.9 Å². The van der Waals surface area contributed by atoms with E-state index in [1.807, 2.05) is 6.92 Å². The third kappa shape index (κ3) is 3.61. The van der Waals surface area contributed by atoms with Crippen LogP contribution < -0.4 is 5.32 Å². The van der Waals surface area contributed by atoms with Crippen LogP contribution in [0.15, 0.2) is 17.7 Å². The van der Waals surface area contributed by atoms with Gasteiger partial charge in [0.25, 0.3) is 0 Å². The first-order valence-electron chi connectivity index (χ1n) is 3.66. The molecule has 1 rings (SSSR count). The molecule has 0 amide bonds. The van der Waals surface area contributed by atoms with Crippen LogP contribution >= 0.6 is 23.2 Å². The number of hydrogen-bond donors (Lipinski definition) is 1. The Kier molecular flexibility index (Phi) is 3.51. The number of rotatable bonds is 3. The maximum Gasteiger partial charge on any atom is 0.224 e. The van der Waals surface area contributed by atoms with E-state index in [1.54, 1.807) is 6.07 Å². The average molecular weight is 218 g/mol. The normalized spacial score (nSPS) is 9.77. The zero-order chi connectivity index (χ0) is 9.84. The van der Waals surface area contributed by atoms with Gasteiger partial charge >= 0.3 is 0 Å². The second kappa shape index (κ2) is 4.44. The molecule has 0 spiro atoms. The highest BCUT2D eigenvalue weighted by atomic mass is 35.5. The molecule has 0 atom stereocenters. The lowest BCUT2D eigenvalue weighted by molar-refractivity contribution is 1.09. The minimum Gasteiger partial charge on any atom is -0.365 e. The van der Waals surface area contributed by atoms with Gasteiger partial charge in [-0.05, 0) is 18.5 Å². The van der Waals surface area contributed by atoms with Crippen LogP contribution in [-0.2, 0) is 0 Å². The lowest BCUT2D eigenvalue weighted by Gasteiger charge is -2.04. The standard InChI is InChI=1S/C8H9Cl2N3/c1-5(9)4-11-7-3-6(2)12-8(10)13-7/h3H,1,4H2,2H3,(H,11,12,13). The summed E-state index contributed by atoms with van der Waals surface area (Å²) in [4.78, 5) is 7.87. The van der Waals surface area contributed by atoms with Crippen LogP contribution in [0.4, 0.5) is 5.82 Å². The highest BCUT2D eigenvalue weighted by Crippen LogP contribution is 2.10. The molecule has 0 bridgehead atoms. The first-order chi connectivity index (χ1) is 6.08. The van der Waals surface area contributed by atoms with Crippen molar-refractivity contribution < 1.29 is 0 Å². The first kappa shape index (κ1) is 10.3. The quantitative estimate of drug-likeness (QED) is 0.792. The van der Waals surface area contributed by atoms with Crippen LogP contribution in [0, 0.1) is 6.92 Å². The molecule has 1 aromatic rings. The van der Waals surface area contributed by atoms with Crippen LogP contribution in [0.25, 0.3) is 0 Å². The van der Waals surface area contributed by atoms with Crippen LogP contribution in [0.2, 0.25) is 5.28 Å². The molecular formula is C8H9Cl2N3. The number of anilines is 1. The minimum absolute atomic E-state index is 0.225. The van der Waals surface area contributed by atoms with Crippen LogP contribution in [-0.4, -0.2) is 16.5 Å². The van der Waals surface area contributed by atoms with Crippen molar-refractivity contribution in [1.82, 2.24) is 9.97 Å². The van der Waals surface area contributed by atoms with Crippen LogP contribution in [0.5, 0.6) is 0 Å². The van der Waals surface area contributed by atoms with E-state index in [0.717, 1.165) is 5.69 Å². The van der Waals surface area contributed by atoms with Gasteiger partial charge in [0.2, 0.25) is 5.28 Å². The molecule has 70 valence electrons. The summed E-state index contributed by atoms with van der Waals surface area (Å²) in [5.74, 6) is 0.652. The van der Waals surface area contributed by atoms with E-state index >= 15 is 0 Å². The minimum atomic E-state index is 0.225. The van der Waals surface area contributed by atoms with E-state index in [4.69, 9.17) is 23.2 Å². The maximum absolute atomic E-state index is 5.65. The van der Waals surface area contributed by atoms with Gasteiger partial charge in [0, 0.05) is 16.8 Å². The van der Waals surface area contributed by atoms with E-state index in [1.165, 1.54) is 0 Å². The second-order valence-corrected chi connectivity index (χ2v) is 3.41. The number of nitrogens with zero attached hydrogens (tertiary/aromatic N) is 2. The predicted molar refractivity (Wildman–Crippen MR) is 55.3 cm³/mol. The molecular weight excluding hydrogens is 209 g/mol. The molecule has 3 nitrogen and oxygen atoms in total. The summed E-state index contributed by atoms with van der Waals surface area (Å²) in [5.41, 5.74) is 0.808. The molecule has 0 fully saturated rings. The lowest BCUT2D eigenvalue weighted by atomic mass is 10.4. The number of aryl methyl sites for hydroxylation is 1. The SMILES string of the molecule is C=C(Cl)CNc1cc(C)nc(Cl)n1. The summed E-state index contributed by atoms with van der Waals surface area (Å²) >= 11 is 11.2. The monoisotopic (exact) mass is 217 g/mol. The van der Waals surface area contributed by atoms with Gasteiger partial charge in [0.1, 0.15) is 5.82 Å². The molecule has 0 aliphatic heterocycles. The first-order valence-corrected chi connectivity index (χ1v) is 4.42. The van der Waals surface area contributed by atoms with Crippen molar-refractivity contribution in [3.05, 3.63) is 28.7 Å². The molecule has 0 radical (unpaired) electrons.